The van der Waals surface area contributed by atoms with Crippen LogP contribution in [0, 0.1) is 10.1 Å². The number of fused-ring (bicyclic) bond motifs is 2. The molecule has 4 rings (SSSR count). The fourth-order valence-electron chi connectivity index (χ4n) is 4.08. The minimum absolute atomic E-state index is 0.0100. The lowest BCUT2D eigenvalue weighted by atomic mass is 9.86. The number of aromatic nitrogens is 1. The van der Waals surface area contributed by atoms with E-state index >= 15 is 0 Å². The molecule has 0 saturated heterocycles. The SMILES string of the molecule is C=CCNC(=O)COC(=O)c1c2c(nc3ccccc13)/C(=C/c1cccc([N+](=O)[O-])c1)CCC2. The number of benzene rings is 2. The lowest BCUT2D eigenvalue weighted by molar-refractivity contribution is -0.384. The molecule has 3 aromatic rings. The van der Waals surface area contributed by atoms with Crippen molar-refractivity contribution in [2.24, 2.45) is 0 Å². The second-order valence-corrected chi connectivity index (χ2v) is 7.88. The van der Waals surface area contributed by atoms with Crippen molar-refractivity contribution in [2.45, 2.75) is 19.3 Å². The summed E-state index contributed by atoms with van der Waals surface area (Å²) in [5, 5.41) is 14.4. The first-order chi connectivity index (χ1) is 16.5. The van der Waals surface area contributed by atoms with Gasteiger partial charge in [-0.25, -0.2) is 9.78 Å². The maximum absolute atomic E-state index is 13.1. The number of nitrogens with one attached hydrogen (secondary N) is 1. The molecular formula is C26H23N3O5. The highest BCUT2D eigenvalue weighted by molar-refractivity contribution is 6.07. The molecule has 0 radical (unpaired) electrons. The van der Waals surface area contributed by atoms with Gasteiger partial charge in [-0.3, -0.25) is 14.9 Å². The van der Waals surface area contributed by atoms with Gasteiger partial charge in [0, 0.05) is 24.1 Å². The minimum Gasteiger partial charge on any atom is -0.452 e. The lowest BCUT2D eigenvalue weighted by Gasteiger charge is -2.22. The lowest BCUT2D eigenvalue weighted by Crippen LogP contribution is -2.29. The van der Waals surface area contributed by atoms with E-state index in [0.717, 1.165) is 24.0 Å². The summed E-state index contributed by atoms with van der Waals surface area (Å²) in [6.45, 7) is 3.43. The zero-order chi connectivity index (χ0) is 24.1. The molecule has 1 heterocycles. The van der Waals surface area contributed by atoms with Gasteiger partial charge in [0.1, 0.15) is 0 Å². The number of hydrogen-bond acceptors (Lipinski definition) is 6. The zero-order valence-electron chi connectivity index (χ0n) is 18.5. The number of esters is 1. The summed E-state index contributed by atoms with van der Waals surface area (Å²) in [6, 6.07) is 13.7. The Balaban J connectivity index is 1.76. The molecule has 1 aromatic heterocycles. The van der Waals surface area contributed by atoms with E-state index in [1.54, 1.807) is 18.2 Å². The van der Waals surface area contributed by atoms with Crippen molar-refractivity contribution in [3.05, 3.63) is 93.7 Å². The van der Waals surface area contributed by atoms with Gasteiger partial charge in [0.15, 0.2) is 6.61 Å². The molecule has 2 aromatic carbocycles. The molecule has 1 aliphatic rings. The molecule has 0 fully saturated rings. The van der Waals surface area contributed by atoms with Crippen LogP contribution < -0.4 is 5.32 Å². The molecule has 1 N–H and O–H groups in total. The van der Waals surface area contributed by atoms with Crippen LogP contribution in [0.3, 0.4) is 0 Å². The van der Waals surface area contributed by atoms with Gasteiger partial charge < -0.3 is 10.1 Å². The van der Waals surface area contributed by atoms with E-state index in [-0.39, 0.29) is 12.2 Å². The number of nitro benzene ring substituents is 1. The first-order valence-electron chi connectivity index (χ1n) is 10.9. The third-order valence-corrected chi connectivity index (χ3v) is 5.57. The number of rotatable bonds is 7. The van der Waals surface area contributed by atoms with Gasteiger partial charge in [-0.1, -0.05) is 36.4 Å². The highest BCUT2D eigenvalue weighted by atomic mass is 16.6. The summed E-state index contributed by atoms with van der Waals surface area (Å²) in [7, 11) is 0. The molecule has 0 atom stereocenters. The second-order valence-electron chi connectivity index (χ2n) is 7.88. The molecular weight excluding hydrogens is 434 g/mol. The van der Waals surface area contributed by atoms with E-state index in [2.05, 4.69) is 11.9 Å². The highest BCUT2D eigenvalue weighted by Crippen LogP contribution is 2.36. The number of amides is 1. The molecule has 8 heteroatoms. The third kappa shape index (κ3) is 4.85. The van der Waals surface area contributed by atoms with Crippen molar-refractivity contribution in [1.82, 2.24) is 10.3 Å². The number of para-hydroxylation sites is 1. The van der Waals surface area contributed by atoms with Crippen LogP contribution in [0.15, 0.2) is 61.2 Å². The summed E-state index contributed by atoms with van der Waals surface area (Å²) in [5.74, 6) is -0.994. The first-order valence-corrected chi connectivity index (χ1v) is 10.9. The summed E-state index contributed by atoms with van der Waals surface area (Å²) >= 11 is 0. The molecule has 1 amide bonds. The predicted octanol–water partition coefficient (Wildman–Crippen LogP) is 4.48. The quantitative estimate of drug-likeness (QED) is 0.242. The summed E-state index contributed by atoms with van der Waals surface area (Å²) < 4.78 is 5.35. The zero-order valence-corrected chi connectivity index (χ0v) is 18.5. The number of allylic oxidation sites excluding steroid dienone is 1. The maximum Gasteiger partial charge on any atom is 0.339 e. The van der Waals surface area contributed by atoms with E-state index in [1.807, 2.05) is 30.3 Å². The van der Waals surface area contributed by atoms with Crippen LogP contribution in [0.1, 0.15) is 40.0 Å². The Hall–Kier alpha value is -4.33. The molecule has 8 nitrogen and oxygen atoms in total. The second kappa shape index (κ2) is 10.1. The van der Waals surface area contributed by atoms with Crippen molar-refractivity contribution in [1.29, 1.82) is 0 Å². The number of non-ortho nitro benzene ring substituents is 1. The Labute approximate surface area is 196 Å². The number of nitrogens with zero attached hydrogens (tertiary/aromatic N) is 2. The topological polar surface area (TPSA) is 111 Å². The van der Waals surface area contributed by atoms with Crippen LogP contribution in [-0.2, 0) is 16.0 Å². The summed E-state index contributed by atoms with van der Waals surface area (Å²) in [4.78, 5) is 40.6. The van der Waals surface area contributed by atoms with E-state index in [9.17, 15) is 19.7 Å². The normalized spacial score (nSPS) is 13.8. The Morgan fingerprint density at radius 1 is 1.18 bits per heavy atom. The first kappa shape index (κ1) is 22.8. The van der Waals surface area contributed by atoms with Crippen LogP contribution in [0.25, 0.3) is 22.6 Å². The summed E-state index contributed by atoms with van der Waals surface area (Å²) in [6.07, 6.45) is 5.56. The van der Waals surface area contributed by atoms with Gasteiger partial charge >= 0.3 is 5.97 Å². The van der Waals surface area contributed by atoms with Crippen molar-refractivity contribution in [3.8, 4) is 0 Å². The standard InChI is InChI=1S/C26H23N3O5/c1-2-13-27-23(30)16-34-26(31)24-20-10-3-4-12-22(20)28-25-18(8-6-11-21(24)25)14-17-7-5-9-19(15-17)29(32)33/h2-5,7,9-10,12,14-15H,1,6,8,11,13,16H2,(H,27,30)/b18-14+. The number of ether oxygens (including phenoxy) is 1. The van der Waals surface area contributed by atoms with E-state index in [4.69, 9.17) is 9.72 Å². The average molecular weight is 457 g/mol. The predicted molar refractivity (Wildman–Crippen MR) is 129 cm³/mol. The van der Waals surface area contributed by atoms with Gasteiger partial charge in [0.2, 0.25) is 0 Å². The molecule has 0 unspecified atom stereocenters. The smallest absolute Gasteiger partial charge is 0.339 e. The third-order valence-electron chi connectivity index (χ3n) is 5.57. The van der Waals surface area contributed by atoms with Crippen LogP contribution in [0.4, 0.5) is 5.69 Å². The van der Waals surface area contributed by atoms with Gasteiger partial charge in [-0.2, -0.15) is 0 Å². The Kier molecular flexibility index (Phi) is 6.77. The largest absolute Gasteiger partial charge is 0.452 e. The number of hydrogen-bond donors (Lipinski definition) is 1. The van der Waals surface area contributed by atoms with E-state index in [0.29, 0.717) is 34.1 Å². The summed E-state index contributed by atoms with van der Waals surface area (Å²) in [5.41, 5.74) is 4.08. The average Bonchev–Trinajstić information content (AvgIpc) is 2.85. The van der Waals surface area contributed by atoms with Crippen molar-refractivity contribution in [2.75, 3.05) is 13.2 Å². The Morgan fingerprint density at radius 3 is 2.79 bits per heavy atom. The molecule has 1 aliphatic carbocycles. The molecule has 0 spiro atoms. The number of pyridine rings is 1. The molecule has 172 valence electrons. The van der Waals surface area contributed by atoms with E-state index < -0.39 is 23.4 Å². The highest BCUT2D eigenvalue weighted by Gasteiger charge is 2.26. The van der Waals surface area contributed by atoms with Crippen molar-refractivity contribution >= 4 is 40.1 Å². The van der Waals surface area contributed by atoms with Crippen LogP contribution in [0.5, 0.6) is 0 Å². The maximum atomic E-state index is 13.1. The van der Waals surface area contributed by atoms with E-state index in [1.165, 1.54) is 12.1 Å². The number of nitro groups is 1. The van der Waals surface area contributed by atoms with Gasteiger partial charge in [-0.15, -0.1) is 6.58 Å². The molecule has 34 heavy (non-hydrogen) atoms. The number of carbonyl (C=O) groups excluding carboxylic acids is 2. The Morgan fingerprint density at radius 2 is 2.00 bits per heavy atom. The van der Waals surface area contributed by atoms with Crippen LogP contribution in [0.2, 0.25) is 0 Å². The Bertz CT molecular complexity index is 1330. The van der Waals surface area contributed by atoms with Gasteiger partial charge in [0.25, 0.3) is 11.6 Å². The molecule has 0 saturated carbocycles. The minimum atomic E-state index is -0.583. The monoisotopic (exact) mass is 457 g/mol. The fourth-order valence-corrected chi connectivity index (χ4v) is 4.08. The van der Waals surface area contributed by atoms with Crippen LogP contribution in [-0.4, -0.2) is 34.9 Å². The number of carbonyl (C=O) groups is 2. The van der Waals surface area contributed by atoms with Crippen molar-refractivity contribution in [3.63, 3.8) is 0 Å². The molecule has 0 aliphatic heterocycles. The van der Waals surface area contributed by atoms with Gasteiger partial charge in [0.05, 0.1) is 21.7 Å². The van der Waals surface area contributed by atoms with Crippen LogP contribution >= 0.6 is 0 Å². The van der Waals surface area contributed by atoms with Crippen molar-refractivity contribution < 1.29 is 19.2 Å². The fraction of sp³-hybridized carbons (Fsp3) is 0.192. The molecule has 0 bridgehead atoms. The van der Waals surface area contributed by atoms with Gasteiger partial charge in [-0.05, 0) is 48.1 Å².